The van der Waals surface area contributed by atoms with Crippen LogP contribution in [0.15, 0.2) is 194 Å². The molecule has 0 saturated heterocycles. The molecular formula is C53H32F3N3O. The van der Waals surface area contributed by atoms with Crippen LogP contribution in [0.4, 0.5) is 30.2 Å². The van der Waals surface area contributed by atoms with Crippen LogP contribution in [0.1, 0.15) is 27.8 Å². The van der Waals surface area contributed by atoms with Gasteiger partial charge >= 0.3 is 6.18 Å². The highest BCUT2D eigenvalue weighted by molar-refractivity contribution is 6.24. The Morgan fingerprint density at radius 1 is 0.450 bits per heavy atom. The summed E-state index contributed by atoms with van der Waals surface area (Å²) in [4.78, 5) is 7.66. The van der Waals surface area contributed by atoms with E-state index in [1.807, 2.05) is 53.1 Å². The van der Waals surface area contributed by atoms with E-state index < -0.39 is 17.2 Å². The Balaban J connectivity index is 1.07. The highest BCUT2D eigenvalue weighted by Gasteiger charge is 2.51. The van der Waals surface area contributed by atoms with Crippen molar-refractivity contribution >= 4 is 49.6 Å². The van der Waals surface area contributed by atoms with Crippen LogP contribution in [-0.4, -0.2) is 9.55 Å². The van der Waals surface area contributed by atoms with Crippen LogP contribution in [0.3, 0.4) is 0 Å². The number of rotatable bonds is 3. The second-order valence-electron chi connectivity index (χ2n) is 15.4. The number of fused-ring (bicyclic) bond motifs is 14. The maximum absolute atomic E-state index is 13.8. The summed E-state index contributed by atoms with van der Waals surface area (Å²) in [5.41, 5.74) is 9.18. The Kier molecular flexibility index (Phi) is 7.27. The van der Waals surface area contributed by atoms with Gasteiger partial charge in [0.25, 0.3) is 0 Å². The second-order valence-corrected chi connectivity index (χ2v) is 15.4. The van der Waals surface area contributed by atoms with Gasteiger partial charge in [-0.15, -0.1) is 0 Å². The van der Waals surface area contributed by atoms with Gasteiger partial charge in [-0.25, -0.2) is 4.98 Å². The number of hydrogen-bond donors (Lipinski definition) is 0. The lowest BCUT2D eigenvalue weighted by Crippen LogP contribution is -2.39. The van der Waals surface area contributed by atoms with Gasteiger partial charge in [0.05, 0.1) is 33.4 Å². The molecule has 0 fully saturated rings. The van der Waals surface area contributed by atoms with Crippen molar-refractivity contribution in [1.82, 2.24) is 9.55 Å². The van der Waals surface area contributed by atoms with E-state index in [0.29, 0.717) is 11.5 Å². The van der Waals surface area contributed by atoms with E-state index in [1.165, 1.54) is 12.1 Å². The van der Waals surface area contributed by atoms with Gasteiger partial charge in [-0.3, -0.25) is 4.57 Å². The summed E-state index contributed by atoms with van der Waals surface area (Å²) in [5, 5.41) is 4.05. The third kappa shape index (κ3) is 4.77. The standard InChI is InChI=1S/C53H32F3N3O/c54-53(55,56)34-27-31-36(32-28-34)59-50-40-16-4-2-14-38(40)37-13-1-3-15-39(37)49(50)57-51(59)33-25-29-35(30-26-33)58-45-21-9-5-17-41(45)52(42-18-6-10-22-46(42)58)43-19-7-11-23-47(43)60-48-24-12-8-20-44(48)52/h1-32H. The minimum atomic E-state index is -4.46. The molecule has 10 aromatic rings. The van der Waals surface area contributed by atoms with Crippen LogP contribution in [0.2, 0.25) is 0 Å². The van der Waals surface area contributed by atoms with Crippen molar-refractivity contribution in [2.24, 2.45) is 0 Å². The molecule has 0 atom stereocenters. The van der Waals surface area contributed by atoms with Crippen LogP contribution < -0.4 is 9.64 Å². The number of nitrogens with zero attached hydrogens (tertiary/aromatic N) is 3. The number of hydrogen-bond acceptors (Lipinski definition) is 3. The Morgan fingerprint density at radius 3 is 1.50 bits per heavy atom. The molecule has 7 heteroatoms. The minimum absolute atomic E-state index is 0.589. The number of para-hydroxylation sites is 4. The molecule has 0 radical (unpaired) electrons. The number of benzene rings is 9. The fourth-order valence-electron chi connectivity index (χ4n) is 9.81. The molecular weight excluding hydrogens is 752 g/mol. The molecule has 9 aromatic carbocycles. The van der Waals surface area contributed by atoms with Crippen LogP contribution in [-0.2, 0) is 11.6 Å². The van der Waals surface area contributed by atoms with Crippen molar-refractivity contribution in [3.63, 3.8) is 0 Å². The Hall–Kier alpha value is -7.64. The first-order valence-electron chi connectivity index (χ1n) is 19.9. The normalized spacial score (nSPS) is 13.8. The van der Waals surface area contributed by atoms with E-state index in [0.717, 1.165) is 101 Å². The first kappa shape index (κ1) is 34.4. The molecule has 2 aliphatic rings. The van der Waals surface area contributed by atoms with Gasteiger partial charge in [0.15, 0.2) is 0 Å². The zero-order valence-corrected chi connectivity index (χ0v) is 31.9. The van der Waals surface area contributed by atoms with E-state index >= 15 is 0 Å². The Bertz CT molecular complexity index is 3260. The molecule has 0 amide bonds. The lowest BCUT2D eigenvalue weighted by atomic mass is 9.61. The predicted octanol–water partition coefficient (Wildman–Crippen LogP) is 14.3. The molecule has 0 aliphatic carbocycles. The number of anilines is 3. The average molecular weight is 784 g/mol. The predicted molar refractivity (Wildman–Crippen MR) is 233 cm³/mol. The van der Waals surface area contributed by atoms with Gasteiger partial charge in [0.2, 0.25) is 0 Å². The first-order valence-corrected chi connectivity index (χ1v) is 19.9. The van der Waals surface area contributed by atoms with E-state index in [4.69, 9.17) is 9.72 Å². The van der Waals surface area contributed by atoms with Gasteiger partial charge in [-0.05, 0) is 94.7 Å². The highest BCUT2D eigenvalue weighted by Crippen LogP contribution is 2.62. The molecule has 0 bridgehead atoms. The minimum Gasteiger partial charge on any atom is -0.457 e. The van der Waals surface area contributed by atoms with E-state index in [-0.39, 0.29) is 0 Å². The SMILES string of the molecule is FC(F)(F)c1ccc(-n2c(-c3ccc(N4c5ccccc5C5(c6ccccc6Oc6ccccc65)c5ccccc54)cc3)nc3c4ccccc4c4ccccc4c32)cc1. The molecule has 1 spiro atoms. The molecule has 2 aliphatic heterocycles. The summed E-state index contributed by atoms with van der Waals surface area (Å²) in [6, 6.07) is 63.9. The number of imidazole rings is 1. The quantitative estimate of drug-likeness (QED) is 0.167. The molecule has 0 unspecified atom stereocenters. The summed E-state index contributed by atoms with van der Waals surface area (Å²) < 4.78 is 50.0. The van der Waals surface area contributed by atoms with Crippen molar-refractivity contribution in [2.75, 3.05) is 4.90 Å². The lowest BCUT2D eigenvalue weighted by molar-refractivity contribution is -0.137. The fraction of sp³-hybridized carbons (Fsp3) is 0.0377. The van der Waals surface area contributed by atoms with Gasteiger partial charge in [-0.1, -0.05) is 121 Å². The summed E-state index contributed by atoms with van der Waals surface area (Å²) >= 11 is 0. The lowest BCUT2D eigenvalue weighted by Gasteiger charge is -2.48. The molecule has 12 rings (SSSR count). The molecule has 60 heavy (non-hydrogen) atoms. The smallest absolute Gasteiger partial charge is 0.416 e. The van der Waals surface area contributed by atoms with Gasteiger partial charge < -0.3 is 9.64 Å². The number of ether oxygens (including phenoxy) is 1. The van der Waals surface area contributed by atoms with Crippen molar-refractivity contribution in [1.29, 1.82) is 0 Å². The number of aromatic nitrogens is 2. The fourth-order valence-corrected chi connectivity index (χ4v) is 9.81. The topological polar surface area (TPSA) is 30.3 Å². The van der Waals surface area contributed by atoms with Gasteiger partial charge in [0.1, 0.15) is 17.3 Å². The second kappa shape index (κ2) is 12.7. The third-order valence-corrected chi connectivity index (χ3v) is 12.3. The van der Waals surface area contributed by atoms with Crippen molar-refractivity contribution < 1.29 is 17.9 Å². The van der Waals surface area contributed by atoms with E-state index in [1.54, 1.807) is 0 Å². The molecule has 0 saturated carbocycles. The zero-order valence-electron chi connectivity index (χ0n) is 31.9. The molecule has 3 heterocycles. The van der Waals surface area contributed by atoms with Gasteiger partial charge in [-0.2, -0.15) is 13.2 Å². The number of alkyl halides is 3. The average Bonchev–Trinajstić information content (AvgIpc) is 3.70. The highest BCUT2D eigenvalue weighted by atomic mass is 19.4. The molecule has 0 N–H and O–H groups in total. The van der Waals surface area contributed by atoms with E-state index in [2.05, 4.69) is 126 Å². The van der Waals surface area contributed by atoms with Crippen molar-refractivity contribution in [2.45, 2.75) is 11.6 Å². The van der Waals surface area contributed by atoms with E-state index in [9.17, 15) is 13.2 Å². The summed E-state index contributed by atoms with van der Waals surface area (Å²) in [6.45, 7) is 0. The first-order chi connectivity index (χ1) is 29.4. The van der Waals surface area contributed by atoms with Gasteiger partial charge in [0, 0.05) is 38.8 Å². The number of halogens is 3. The maximum atomic E-state index is 13.8. The summed E-state index contributed by atoms with van der Waals surface area (Å²) in [6.07, 6.45) is -4.46. The summed E-state index contributed by atoms with van der Waals surface area (Å²) in [5.74, 6) is 2.29. The Labute approximate surface area is 343 Å². The monoisotopic (exact) mass is 783 g/mol. The van der Waals surface area contributed by atoms with Crippen LogP contribution >= 0.6 is 0 Å². The summed E-state index contributed by atoms with van der Waals surface area (Å²) in [7, 11) is 0. The molecule has 1 aromatic heterocycles. The van der Waals surface area contributed by atoms with Crippen LogP contribution in [0, 0.1) is 0 Å². The maximum Gasteiger partial charge on any atom is 0.416 e. The third-order valence-electron chi connectivity index (χ3n) is 12.3. The zero-order chi connectivity index (χ0) is 40.2. The van der Waals surface area contributed by atoms with Crippen LogP contribution in [0.5, 0.6) is 11.5 Å². The largest absolute Gasteiger partial charge is 0.457 e. The Morgan fingerprint density at radius 2 is 0.917 bits per heavy atom. The van der Waals surface area contributed by atoms with Crippen molar-refractivity contribution in [3.8, 4) is 28.6 Å². The van der Waals surface area contributed by atoms with Crippen molar-refractivity contribution in [3.05, 3.63) is 222 Å². The molecule has 4 nitrogen and oxygen atoms in total. The molecule has 286 valence electrons. The van der Waals surface area contributed by atoms with Crippen LogP contribution in [0.25, 0.3) is 49.7 Å².